The summed E-state index contributed by atoms with van der Waals surface area (Å²) in [7, 11) is 0. The molecule has 0 aliphatic carbocycles. The van der Waals surface area contributed by atoms with Crippen LogP contribution in [0.5, 0.6) is 0 Å². The molecule has 1 atom stereocenters. The molecule has 2 aromatic rings. The highest BCUT2D eigenvalue weighted by atomic mass is 32.2. The van der Waals surface area contributed by atoms with E-state index in [1.54, 1.807) is 6.20 Å². The van der Waals surface area contributed by atoms with Gasteiger partial charge in [-0.15, -0.1) is 0 Å². The molecule has 0 aliphatic rings. The van der Waals surface area contributed by atoms with Crippen molar-refractivity contribution in [3.63, 3.8) is 0 Å². The minimum Gasteiger partial charge on any atom is -0.293 e. The fraction of sp³-hybridized carbons (Fsp3) is 0.143. The molecular formula is C14H12N2S. The SMILES string of the molecule is [C-]#[N+]C(C)(Sc1ccccn1)c1ccccc1. The summed E-state index contributed by atoms with van der Waals surface area (Å²) in [4.78, 5) is 7.40. The molecule has 0 spiro atoms. The Morgan fingerprint density at radius 3 is 2.41 bits per heavy atom. The highest BCUT2D eigenvalue weighted by Gasteiger charge is 2.34. The lowest BCUT2D eigenvalue weighted by Gasteiger charge is -2.15. The molecule has 0 amide bonds. The Morgan fingerprint density at radius 2 is 1.82 bits per heavy atom. The molecule has 0 bridgehead atoms. The van der Waals surface area contributed by atoms with Crippen LogP contribution >= 0.6 is 11.8 Å². The fourth-order valence-electron chi connectivity index (χ4n) is 1.50. The Labute approximate surface area is 106 Å². The van der Waals surface area contributed by atoms with Crippen molar-refractivity contribution in [1.29, 1.82) is 0 Å². The first-order valence-electron chi connectivity index (χ1n) is 5.29. The summed E-state index contributed by atoms with van der Waals surface area (Å²) in [6.07, 6.45) is 1.75. The van der Waals surface area contributed by atoms with E-state index in [-0.39, 0.29) is 0 Å². The van der Waals surface area contributed by atoms with Crippen molar-refractivity contribution in [3.8, 4) is 0 Å². The highest BCUT2D eigenvalue weighted by Crippen LogP contribution is 2.41. The number of nitrogens with zero attached hydrogens (tertiary/aromatic N) is 2. The molecule has 0 saturated heterocycles. The van der Waals surface area contributed by atoms with Crippen molar-refractivity contribution in [2.24, 2.45) is 0 Å². The second-order valence-electron chi connectivity index (χ2n) is 3.73. The first-order chi connectivity index (χ1) is 8.24. The van der Waals surface area contributed by atoms with E-state index < -0.39 is 4.87 Å². The number of aromatic nitrogens is 1. The lowest BCUT2D eigenvalue weighted by Crippen LogP contribution is -2.11. The van der Waals surface area contributed by atoms with Crippen molar-refractivity contribution < 1.29 is 0 Å². The van der Waals surface area contributed by atoms with Gasteiger partial charge in [0.1, 0.15) is 5.03 Å². The molecule has 1 unspecified atom stereocenters. The largest absolute Gasteiger partial charge is 0.305 e. The van der Waals surface area contributed by atoms with Crippen LogP contribution in [-0.4, -0.2) is 4.98 Å². The number of benzene rings is 1. The van der Waals surface area contributed by atoms with Crippen molar-refractivity contribution in [2.75, 3.05) is 0 Å². The van der Waals surface area contributed by atoms with Gasteiger partial charge in [-0.1, -0.05) is 24.3 Å². The summed E-state index contributed by atoms with van der Waals surface area (Å²) in [5.41, 5.74) is 1.01. The van der Waals surface area contributed by atoms with Gasteiger partial charge in [-0.05, 0) is 36.0 Å². The number of hydrogen-bond acceptors (Lipinski definition) is 2. The Balaban J connectivity index is 2.31. The van der Waals surface area contributed by atoms with Crippen LogP contribution in [0.1, 0.15) is 12.5 Å². The summed E-state index contributed by atoms with van der Waals surface area (Å²) in [5, 5.41) is 0.870. The van der Waals surface area contributed by atoms with Gasteiger partial charge in [-0.25, -0.2) is 11.6 Å². The monoisotopic (exact) mass is 240 g/mol. The summed E-state index contributed by atoms with van der Waals surface area (Å²) in [6.45, 7) is 9.35. The van der Waals surface area contributed by atoms with Gasteiger partial charge in [-0.3, -0.25) is 4.85 Å². The molecule has 17 heavy (non-hydrogen) atoms. The van der Waals surface area contributed by atoms with Crippen LogP contribution < -0.4 is 0 Å². The van der Waals surface area contributed by atoms with Crippen LogP contribution in [0.3, 0.4) is 0 Å². The number of rotatable bonds is 3. The lowest BCUT2D eigenvalue weighted by molar-refractivity contribution is 0.866. The third kappa shape index (κ3) is 2.66. The predicted octanol–water partition coefficient (Wildman–Crippen LogP) is 3.97. The molecule has 0 radical (unpaired) electrons. The molecule has 0 fully saturated rings. The van der Waals surface area contributed by atoms with E-state index >= 15 is 0 Å². The van der Waals surface area contributed by atoms with Gasteiger partial charge in [-0.2, -0.15) is 0 Å². The molecule has 0 aliphatic heterocycles. The van der Waals surface area contributed by atoms with E-state index in [0.717, 1.165) is 10.6 Å². The Bertz CT molecular complexity index is 519. The average molecular weight is 240 g/mol. The van der Waals surface area contributed by atoms with E-state index in [4.69, 9.17) is 6.57 Å². The van der Waals surface area contributed by atoms with E-state index in [2.05, 4.69) is 9.83 Å². The zero-order valence-corrected chi connectivity index (χ0v) is 10.3. The third-order valence-electron chi connectivity index (χ3n) is 2.46. The van der Waals surface area contributed by atoms with Crippen LogP contribution in [-0.2, 0) is 4.87 Å². The summed E-state index contributed by atoms with van der Waals surface area (Å²) < 4.78 is 0. The van der Waals surface area contributed by atoms with Gasteiger partial charge in [0.25, 0.3) is 0 Å². The molecule has 1 aromatic heterocycles. The highest BCUT2D eigenvalue weighted by molar-refractivity contribution is 8.00. The molecular weight excluding hydrogens is 228 g/mol. The summed E-state index contributed by atoms with van der Waals surface area (Å²) in [5.74, 6) is 0. The summed E-state index contributed by atoms with van der Waals surface area (Å²) >= 11 is 1.48. The number of thioether (sulfide) groups is 1. The van der Waals surface area contributed by atoms with Gasteiger partial charge < -0.3 is 0 Å². The molecule has 0 N–H and O–H groups in total. The van der Waals surface area contributed by atoms with Crippen LogP contribution in [0.25, 0.3) is 4.85 Å². The van der Waals surface area contributed by atoms with Gasteiger partial charge in [0.2, 0.25) is 0 Å². The van der Waals surface area contributed by atoms with Crippen LogP contribution in [0, 0.1) is 6.57 Å². The first kappa shape index (κ1) is 11.7. The third-order valence-corrected chi connectivity index (χ3v) is 3.64. The zero-order chi connectivity index (χ0) is 12.1. The van der Waals surface area contributed by atoms with Gasteiger partial charge in [0, 0.05) is 18.7 Å². The van der Waals surface area contributed by atoms with Crippen molar-refractivity contribution >= 4 is 11.8 Å². The van der Waals surface area contributed by atoms with Crippen molar-refractivity contribution in [1.82, 2.24) is 4.98 Å². The van der Waals surface area contributed by atoms with Crippen molar-refractivity contribution in [2.45, 2.75) is 16.8 Å². The van der Waals surface area contributed by atoms with E-state index in [1.165, 1.54) is 11.8 Å². The van der Waals surface area contributed by atoms with Crippen molar-refractivity contribution in [3.05, 3.63) is 71.7 Å². The molecule has 3 heteroatoms. The van der Waals surface area contributed by atoms with E-state index in [9.17, 15) is 0 Å². The minimum atomic E-state index is -0.615. The second kappa shape index (κ2) is 5.03. The smallest absolute Gasteiger partial charge is 0.293 e. The molecule has 84 valence electrons. The second-order valence-corrected chi connectivity index (χ2v) is 5.15. The topological polar surface area (TPSA) is 17.2 Å². The fourth-order valence-corrected chi connectivity index (χ4v) is 2.47. The molecule has 2 rings (SSSR count). The quantitative estimate of drug-likeness (QED) is 0.596. The standard InChI is InChI=1S/C14H12N2S/c1-14(15-2,12-8-4-3-5-9-12)17-13-10-6-7-11-16-13/h3-11H,1H3. The maximum atomic E-state index is 7.42. The van der Waals surface area contributed by atoms with Crippen LogP contribution in [0.15, 0.2) is 59.8 Å². The van der Waals surface area contributed by atoms with Gasteiger partial charge in [0.15, 0.2) is 0 Å². The normalized spacial score (nSPS) is 13.6. The average Bonchev–Trinajstić information content (AvgIpc) is 2.41. The van der Waals surface area contributed by atoms with Gasteiger partial charge >= 0.3 is 4.87 Å². The lowest BCUT2D eigenvalue weighted by atomic mass is 10.1. The first-order valence-corrected chi connectivity index (χ1v) is 6.10. The van der Waals surface area contributed by atoms with E-state index in [0.29, 0.717) is 0 Å². The minimum absolute atomic E-state index is 0.615. The number of pyridine rings is 1. The maximum Gasteiger partial charge on any atom is 0.305 e. The zero-order valence-electron chi connectivity index (χ0n) is 9.50. The maximum absolute atomic E-state index is 7.42. The Kier molecular flexibility index (Phi) is 3.46. The Morgan fingerprint density at radius 1 is 1.12 bits per heavy atom. The summed E-state index contributed by atoms with van der Waals surface area (Å²) in [6, 6.07) is 15.6. The Hall–Kier alpha value is -1.79. The van der Waals surface area contributed by atoms with E-state index in [1.807, 2.05) is 55.5 Å². The molecule has 1 aromatic carbocycles. The molecule has 0 saturated carbocycles. The predicted molar refractivity (Wildman–Crippen MR) is 70.5 cm³/mol. The van der Waals surface area contributed by atoms with Crippen LogP contribution in [0.2, 0.25) is 0 Å². The van der Waals surface area contributed by atoms with Crippen LogP contribution in [0.4, 0.5) is 0 Å². The molecule has 2 nitrogen and oxygen atoms in total. The number of hydrogen-bond donors (Lipinski definition) is 0. The van der Waals surface area contributed by atoms with Gasteiger partial charge in [0.05, 0.1) is 0 Å². The molecule has 1 heterocycles.